The van der Waals surface area contributed by atoms with E-state index < -0.39 is 11.6 Å². The smallest absolute Gasteiger partial charge is 0.318 e. The zero-order chi connectivity index (χ0) is 27.5. The van der Waals surface area contributed by atoms with Gasteiger partial charge in [0.15, 0.2) is 5.82 Å². The normalized spacial score (nSPS) is 11.9. The van der Waals surface area contributed by atoms with Crippen LogP contribution in [0, 0.1) is 11.6 Å². The highest BCUT2D eigenvalue weighted by molar-refractivity contribution is 6.02. The Balaban J connectivity index is 1.66. The molecule has 39 heavy (non-hydrogen) atoms. The molecule has 5 rings (SSSR count). The summed E-state index contributed by atoms with van der Waals surface area (Å²) in [6, 6.07) is 9.05. The van der Waals surface area contributed by atoms with Crippen LogP contribution in [0.2, 0.25) is 0 Å². The van der Waals surface area contributed by atoms with E-state index in [0.29, 0.717) is 34.1 Å². The molecule has 0 saturated heterocycles. The second kappa shape index (κ2) is 10.7. The minimum absolute atomic E-state index is 0.0947. The first-order chi connectivity index (χ1) is 18.9. The minimum atomic E-state index is -0.793. The number of fused-ring (bicyclic) bond motifs is 2. The Hall–Kier alpha value is -5.19. The standard InChI is InChI=1S/C28H23F2N7O2/c1-3-19-22(29)5-4-15-10-18(38)11-20(23(15)19)25-24(30)26-21(14-34-25)27(37-28(36-26)39-2)35-17(12-31)13-33-16-6-8-32-9-7-16/h4-14,38H,3,31H2,1-2H3,(H,35,36,37). The number of nitrogens with one attached hydrogen (secondary N) is 1. The van der Waals surface area contributed by atoms with Gasteiger partial charge in [0, 0.05) is 30.4 Å². The maximum Gasteiger partial charge on any atom is 0.318 e. The lowest BCUT2D eigenvalue weighted by atomic mass is 9.94. The number of rotatable bonds is 7. The molecule has 0 bridgehead atoms. The Kier molecular flexibility index (Phi) is 6.96. The monoisotopic (exact) mass is 527 g/mol. The number of ether oxygens (including phenoxy) is 1. The molecule has 5 aromatic rings. The van der Waals surface area contributed by atoms with Crippen molar-refractivity contribution in [3.05, 3.63) is 84.1 Å². The number of benzene rings is 2. The lowest BCUT2D eigenvalue weighted by Crippen LogP contribution is -2.08. The quantitative estimate of drug-likeness (QED) is 0.240. The highest BCUT2D eigenvalue weighted by atomic mass is 19.1. The van der Waals surface area contributed by atoms with Crippen molar-refractivity contribution in [3.8, 4) is 23.0 Å². The Morgan fingerprint density at radius 1 is 1.15 bits per heavy atom. The summed E-state index contributed by atoms with van der Waals surface area (Å²) in [5.41, 5.74) is 7.22. The molecule has 0 amide bonds. The first kappa shape index (κ1) is 25.5. The SMILES string of the molecule is CCc1c(F)ccc2cc(O)cc(-c3ncc4c(NC(C=Nc5ccncc5)=CN)nc(OC)nc4c3F)c12. The molecule has 0 aliphatic heterocycles. The van der Waals surface area contributed by atoms with Crippen molar-refractivity contribution in [2.75, 3.05) is 12.4 Å². The molecule has 2 aromatic carbocycles. The molecule has 0 atom stereocenters. The van der Waals surface area contributed by atoms with Crippen molar-refractivity contribution < 1.29 is 18.6 Å². The Bertz CT molecular complexity index is 1760. The van der Waals surface area contributed by atoms with E-state index in [2.05, 4.69) is 30.2 Å². The molecule has 0 saturated carbocycles. The molecular weight excluding hydrogens is 504 g/mol. The first-order valence-electron chi connectivity index (χ1n) is 11.9. The van der Waals surface area contributed by atoms with Crippen molar-refractivity contribution >= 4 is 39.4 Å². The number of phenols is 1. The zero-order valence-electron chi connectivity index (χ0n) is 21.0. The number of aromatic nitrogens is 4. The summed E-state index contributed by atoms with van der Waals surface area (Å²) in [6.07, 6.45) is 7.72. The van der Waals surface area contributed by atoms with Gasteiger partial charge >= 0.3 is 6.01 Å². The van der Waals surface area contributed by atoms with E-state index in [0.717, 1.165) is 0 Å². The number of aliphatic imine (C=N–C) groups is 1. The predicted molar refractivity (Wildman–Crippen MR) is 146 cm³/mol. The fourth-order valence-corrected chi connectivity index (χ4v) is 4.27. The van der Waals surface area contributed by atoms with Crippen LogP contribution in [0.5, 0.6) is 11.8 Å². The van der Waals surface area contributed by atoms with Crippen molar-refractivity contribution in [2.45, 2.75) is 13.3 Å². The minimum Gasteiger partial charge on any atom is -0.508 e. The van der Waals surface area contributed by atoms with Gasteiger partial charge in [-0.1, -0.05) is 13.0 Å². The van der Waals surface area contributed by atoms with Crippen LogP contribution in [0.1, 0.15) is 12.5 Å². The molecule has 196 valence electrons. The van der Waals surface area contributed by atoms with E-state index in [1.807, 2.05) is 0 Å². The third-order valence-corrected chi connectivity index (χ3v) is 6.07. The summed E-state index contributed by atoms with van der Waals surface area (Å²) < 4.78 is 36.1. The van der Waals surface area contributed by atoms with Crippen LogP contribution in [-0.4, -0.2) is 38.4 Å². The molecular formula is C28H23F2N7O2. The van der Waals surface area contributed by atoms with Crippen LogP contribution in [0.25, 0.3) is 32.9 Å². The number of aromatic hydroxyl groups is 1. The van der Waals surface area contributed by atoms with E-state index >= 15 is 4.39 Å². The topological polar surface area (TPSA) is 131 Å². The van der Waals surface area contributed by atoms with Crippen molar-refractivity contribution in [1.82, 2.24) is 19.9 Å². The number of halogens is 2. The summed E-state index contributed by atoms with van der Waals surface area (Å²) in [6.45, 7) is 1.80. The number of hydrogen-bond acceptors (Lipinski definition) is 9. The maximum absolute atomic E-state index is 16.2. The molecule has 0 unspecified atom stereocenters. The number of pyridine rings is 2. The first-order valence-corrected chi connectivity index (χ1v) is 11.9. The van der Waals surface area contributed by atoms with Gasteiger partial charge < -0.3 is 20.9 Å². The van der Waals surface area contributed by atoms with Gasteiger partial charge in [0.25, 0.3) is 0 Å². The molecule has 0 aliphatic rings. The molecule has 0 fully saturated rings. The fourth-order valence-electron chi connectivity index (χ4n) is 4.27. The van der Waals surface area contributed by atoms with Crippen LogP contribution in [0.15, 0.2) is 71.9 Å². The van der Waals surface area contributed by atoms with Crippen molar-refractivity contribution in [3.63, 3.8) is 0 Å². The van der Waals surface area contributed by atoms with Gasteiger partial charge in [-0.2, -0.15) is 9.97 Å². The molecule has 4 N–H and O–H groups in total. The number of allylic oxidation sites excluding steroid dienone is 1. The number of nitrogens with two attached hydrogens (primary N) is 1. The molecule has 0 aliphatic carbocycles. The van der Waals surface area contributed by atoms with Gasteiger partial charge in [-0.15, -0.1) is 0 Å². The highest BCUT2D eigenvalue weighted by Crippen LogP contribution is 2.38. The second-order valence-electron chi connectivity index (χ2n) is 8.42. The number of nitrogens with zero attached hydrogens (tertiary/aromatic N) is 5. The van der Waals surface area contributed by atoms with Crippen molar-refractivity contribution in [2.24, 2.45) is 10.7 Å². The zero-order valence-corrected chi connectivity index (χ0v) is 21.0. The third-order valence-electron chi connectivity index (χ3n) is 6.07. The fraction of sp³-hybridized carbons (Fsp3) is 0.107. The van der Waals surface area contributed by atoms with Crippen LogP contribution < -0.4 is 15.8 Å². The highest BCUT2D eigenvalue weighted by Gasteiger charge is 2.21. The van der Waals surface area contributed by atoms with Crippen LogP contribution in [0.3, 0.4) is 0 Å². The van der Waals surface area contributed by atoms with Gasteiger partial charge in [-0.05, 0) is 53.1 Å². The van der Waals surface area contributed by atoms with Crippen molar-refractivity contribution in [1.29, 1.82) is 0 Å². The van der Waals surface area contributed by atoms with Crippen LogP contribution >= 0.6 is 0 Å². The molecule has 3 aromatic heterocycles. The Morgan fingerprint density at radius 2 is 1.95 bits per heavy atom. The summed E-state index contributed by atoms with van der Waals surface area (Å²) in [7, 11) is 1.36. The summed E-state index contributed by atoms with van der Waals surface area (Å²) >= 11 is 0. The molecule has 0 spiro atoms. The Morgan fingerprint density at radius 3 is 2.67 bits per heavy atom. The molecule has 11 heteroatoms. The van der Waals surface area contributed by atoms with Gasteiger partial charge in [-0.25, -0.2) is 8.78 Å². The average molecular weight is 528 g/mol. The second-order valence-corrected chi connectivity index (χ2v) is 8.42. The lowest BCUT2D eigenvalue weighted by Gasteiger charge is -2.15. The van der Waals surface area contributed by atoms with E-state index in [4.69, 9.17) is 10.5 Å². The Labute approximate surface area is 221 Å². The van der Waals surface area contributed by atoms with Gasteiger partial charge in [0.05, 0.1) is 30.1 Å². The summed E-state index contributed by atoms with van der Waals surface area (Å²) in [5.74, 6) is -1.16. The number of methoxy groups -OCH3 is 1. The number of hydrogen-bond donors (Lipinski definition) is 3. The molecule has 0 radical (unpaired) electrons. The van der Waals surface area contributed by atoms with Gasteiger partial charge in [0.1, 0.15) is 28.6 Å². The maximum atomic E-state index is 16.2. The van der Waals surface area contributed by atoms with E-state index in [1.54, 1.807) is 31.5 Å². The van der Waals surface area contributed by atoms with Crippen LogP contribution in [-0.2, 0) is 6.42 Å². The van der Waals surface area contributed by atoms with E-state index in [-0.39, 0.29) is 39.7 Å². The van der Waals surface area contributed by atoms with Gasteiger partial charge in [-0.3, -0.25) is 15.0 Å². The average Bonchev–Trinajstić information content (AvgIpc) is 2.95. The number of anilines is 1. The molecule has 3 heterocycles. The lowest BCUT2D eigenvalue weighted by molar-refractivity contribution is 0.382. The van der Waals surface area contributed by atoms with Gasteiger partial charge in [0.2, 0.25) is 0 Å². The third kappa shape index (κ3) is 4.89. The molecule has 9 nitrogen and oxygen atoms in total. The van der Waals surface area contributed by atoms with E-state index in [9.17, 15) is 9.50 Å². The predicted octanol–water partition coefficient (Wildman–Crippen LogP) is 5.41. The summed E-state index contributed by atoms with van der Waals surface area (Å²) in [5, 5.41) is 14.6. The summed E-state index contributed by atoms with van der Waals surface area (Å²) in [4.78, 5) is 21.2. The van der Waals surface area contributed by atoms with E-state index in [1.165, 1.54) is 50.0 Å². The number of aryl methyl sites for hydroxylation is 1. The van der Waals surface area contributed by atoms with Crippen LogP contribution in [0.4, 0.5) is 20.3 Å². The number of phenolic OH excluding ortho intramolecular Hbond substituents is 1. The largest absolute Gasteiger partial charge is 0.508 e.